The van der Waals surface area contributed by atoms with E-state index in [2.05, 4.69) is 46.4 Å². The first-order valence-electron chi connectivity index (χ1n) is 3.86. The van der Waals surface area contributed by atoms with E-state index in [1.165, 1.54) is 5.57 Å². The number of hydrogen-bond donors (Lipinski definition) is 0. The van der Waals surface area contributed by atoms with Gasteiger partial charge in [-0.25, -0.2) is 0 Å². The zero-order valence-corrected chi connectivity index (χ0v) is 7.57. The summed E-state index contributed by atoms with van der Waals surface area (Å²) in [5.74, 6) is 0. The van der Waals surface area contributed by atoms with Crippen molar-refractivity contribution in [1.82, 2.24) is 0 Å². The summed E-state index contributed by atoms with van der Waals surface area (Å²) in [6.07, 6.45) is 5.44. The van der Waals surface area contributed by atoms with Crippen molar-refractivity contribution in [1.29, 1.82) is 0 Å². The normalized spacial score (nSPS) is 17.2. The van der Waals surface area contributed by atoms with Gasteiger partial charge in [-0.1, -0.05) is 38.2 Å². The van der Waals surface area contributed by atoms with Crippen LogP contribution in [0, 0.1) is 5.41 Å². The molecule has 1 atom stereocenters. The van der Waals surface area contributed by atoms with Gasteiger partial charge in [0.1, 0.15) is 0 Å². The van der Waals surface area contributed by atoms with E-state index in [1.807, 2.05) is 0 Å². The molecule has 0 bridgehead atoms. The van der Waals surface area contributed by atoms with Crippen LogP contribution >= 0.6 is 0 Å². The molecule has 0 heteroatoms. The first-order valence-corrected chi connectivity index (χ1v) is 3.86. The molecule has 0 spiro atoms. The Kier molecular flexibility index (Phi) is 3.41. The molecule has 0 rings (SSSR count). The van der Waals surface area contributed by atoms with Crippen molar-refractivity contribution in [2.24, 2.45) is 5.41 Å². The SMILES string of the molecule is C=C(C)C(C)(C=CC)CC. The molecule has 0 amide bonds. The van der Waals surface area contributed by atoms with Crippen LogP contribution < -0.4 is 0 Å². The van der Waals surface area contributed by atoms with Gasteiger partial charge in [0.15, 0.2) is 0 Å². The molecule has 1 unspecified atom stereocenters. The molecule has 10 heavy (non-hydrogen) atoms. The van der Waals surface area contributed by atoms with Gasteiger partial charge in [-0.05, 0) is 20.3 Å². The van der Waals surface area contributed by atoms with Crippen LogP contribution in [0.3, 0.4) is 0 Å². The van der Waals surface area contributed by atoms with Crippen molar-refractivity contribution in [3.63, 3.8) is 0 Å². The predicted molar refractivity (Wildman–Crippen MR) is 48.0 cm³/mol. The highest BCUT2D eigenvalue weighted by Crippen LogP contribution is 2.30. The summed E-state index contributed by atoms with van der Waals surface area (Å²) in [5.41, 5.74) is 1.46. The smallest absolute Gasteiger partial charge is 0.00543 e. The molecule has 0 nitrogen and oxygen atoms in total. The molecule has 0 fully saturated rings. The Bertz CT molecular complexity index is 142. The molecular formula is C10H18. The lowest BCUT2D eigenvalue weighted by Crippen LogP contribution is -2.11. The summed E-state index contributed by atoms with van der Waals surface area (Å²) in [7, 11) is 0. The zero-order valence-electron chi connectivity index (χ0n) is 7.57. The maximum atomic E-state index is 3.97. The van der Waals surface area contributed by atoms with Crippen LogP contribution in [0.4, 0.5) is 0 Å². The van der Waals surface area contributed by atoms with Crippen LogP contribution in [0.25, 0.3) is 0 Å². The van der Waals surface area contributed by atoms with Crippen LogP contribution in [0.15, 0.2) is 24.3 Å². The summed E-state index contributed by atoms with van der Waals surface area (Å²) in [5, 5.41) is 0. The van der Waals surface area contributed by atoms with E-state index < -0.39 is 0 Å². The van der Waals surface area contributed by atoms with E-state index in [0.29, 0.717) is 0 Å². The van der Waals surface area contributed by atoms with Gasteiger partial charge in [-0.2, -0.15) is 0 Å². The predicted octanol–water partition coefficient (Wildman–Crippen LogP) is 3.55. The number of hydrogen-bond acceptors (Lipinski definition) is 0. The minimum Gasteiger partial charge on any atom is -0.0993 e. The fourth-order valence-corrected chi connectivity index (χ4v) is 0.930. The van der Waals surface area contributed by atoms with Crippen molar-refractivity contribution in [3.05, 3.63) is 24.3 Å². The second-order valence-electron chi connectivity index (χ2n) is 3.05. The van der Waals surface area contributed by atoms with Gasteiger partial charge in [0.2, 0.25) is 0 Å². The Balaban J connectivity index is 4.38. The van der Waals surface area contributed by atoms with E-state index in [0.717, 1.165) is 6.42 Å². The van der Waals surface area contributed by atoms with Crippen molar-refractivity contribution in [3.8, 4) is 0 Å². The van der Waals surface area contributed by atoms with Crippen LogP contribution in [-0.2, 0) is 0 Å². The highest BCUT2D eigenvalue weighted by molar-refractivity contribution is 5.14. The summed E-state index contributed by atoms with van der Waals surface area (Å²) in [6, 6.07) is 0. The van der Waals surface area contributed by atoms with E-state index >= 15 is 0 Å². The van der Waals surface area contributed by atoms with Crippen LogP contribution in [0.2, 0.25) is 0 Å². The van der Waals surface area contributed by atoms with E-state index in [4.69, 9.17) is 0 Å². The lowest BCUT2D eigenvalue weighted by atomic mass is 9.81. The summed E-state index contributed by atoms with van der Waals surface area (Å²) in [6.45, 7) is 12.5. The summed E-state index contributed by atoms with van der Waals surface area (Å²) >= 11 is 0. The Labute approximate surface area is 64.6 Å². The third-order valence-corrected chi connectivity index (χ3v) is 2.24. The van der Waals surface area contributed by atoms with Gasteiger partial charge >= 0.3 is 0 Å². The molecule has 0 aromatic carbocycles. The highest BCUT2D eigenvalue weighted by atomic mass is 14.2. The molecule has 0 saturated heterocycles. The van der Waals surface area contributed by atoms with E-state index in [1.54, 1.807) is 0 Å². The number of allylic oxidation sites excluding steroid dienone is 3. The Morgan fingerprint density at radius 3 is 2.20 bits per heavy atom. The largest absolute Gasteiger partial charge is 0.0993 e. The van der Waals surface area contributed by atoms with Crippen LogP contribution in [0.5, 0.6) is 0 Å². The van der Waals surface area contributed by atoms with Gasteiger partial charge in [0.25, 0.3) is 0 Å². The van der Waals surface area contributed by atoms with Gasteiger partial charge in [0.05, 0.1) is 0 Å². The Hall–Kier alpha value is -0.520. The lowest BCUT2D eigenvalue weighted by Gasteiger charge is -2.24. The molecule has 0 aliphatic heterocycles. The first kappa shape index (κ1) is 9.48. The fraction of sp³-hybridized carbons (Fsp3) is 0.600. The fourth-order valence-electron chi connectivity index (χ4n) is 0.930. The van der Waals surface area contributed by atoms with Crippen molar-refractivity contribution in [2.75, 3.05) is 0 Å². The topological polar surface area (TPSA) is 0 Å². The molecule has 0 saturated carbocycles. The second kappa shape index (κ2) is 3.60. The minimum atomic E-state index is 0.217. The van der Waals surface area contributed by atoms with Gasteiger partial charge in [0, 0.05) is 5.41 Å². The van der Waals surface area contributed by atoms with E-state index in [9.17, 15) is 0 Å². The third kappa shape index (κ3) is 2.02. The van der Waals surface area contributed by atoms with Gasteiger partial charge < -0.3 is 0 Å². The quantitative estimate of drug-likeness (QED) is 0.523. The summed E-state index contributed by atoms with van der Waals surface area (Å²) < 4.78 is 0. The standard InChI is InChI=1S/C10H18/c1-6-8-10(5,7-2)9(3)4/h6,8H,3,7H2,1-2,4-5H3. The van der Waals surface area contributed by atoms with Crippen molar-refractivity contribution >= 4 is 0 Å². The molecule has 0 aliphatic rings. The van der Waals surface area contributed by atoms with Crippen molar-refractivity contribution < 1.29 is 0 Å². The zero-order chi connectivity index (χ0) is 8.20. The molecular weight excluding hydrogens is 120 g/mol. The van der Waals surface area contributed by atoms with Crippen LogP contribution in [0.1, 0.15) is 34.1 Å². The molecule has 0 aromatic heterocycles. The third-order valence-electron chi connectivity index (χ3n) is 2.24. The molecule has 0 radical (unpaired) electrons. The number of rotatable bonds is 3. The van der Waals surface area contributed by atoms with Gasteiger partial charge in [-0.15, -0.1) is 0 Å². The Morgan fingerprint density at radius 1 is 1.60 bits per heavy atom. The van der Waals surface area contributed by atoms with Gasteiger partial charge in [-0.3, -0.25) is 0 Å². The van der Waals surface area contributed by atoms with E-state index in [-0.39, 0.29) is 5.41 Å². The summed E-state index contributed by atoms with van der Waals surface area (Å²) in [4.78, 5) is 0. The second-order valence-corrected chi connectivity index (χ2v) is 3.05. The maximum absolute atomic E-state index is 3.97. The Morgan fingerprint density at radius 2 is 2.10 bits per heavy atom. The molecule has 58 valence electrons. The first-order chi connectivity index (χ1) is 4.56. The molecule has 0 aromatic rings. The van der Waals surface area contributed by atoms with Crippen molar-refractivity contribution in [2.45, 2.75) is 34.1 Å². The molecule has 0 aliphatic carbocycles. The highest BCUT2D eigenvalue weighted by Gasteiger charge is 2.17. The average molecular weight is 138 g/mol. The van der Waals surface area contributed by atoms with Crippen LogP contribution in [-0.4, -0.2) is 0 Å². The average Bonchev–Trinajstić information content (AvgIpc) is 1.88. The lowest BCUT2D eigenvalue weighted by molar-refractivity contribution is 0.495. The maximum Gasteiger partial charge on any atom is 0.00543 e. The molecule has 0 N–H and O–H groups in total. The minimum absolute atomic E-state index is 0.217. The molecule has 0 heterocycles. The monoisotopic (exact) mass is 138 g/mol.